The van der Waals surface area contributed by atoms with Crippen LogP contribution in [0.2, 0.25) is 0 Å². The zero-order valence-corrected chi connectivity index (χ0v) is 10.5. The number of nitriles is 1. The number of nitrogens with one attached hydrogen (secondary N) is 1. The second kappa shape index (κ2) is 6.27. The van der Waals surface area contributed by atoms with Crippen molar-refractivity contribution in [3.63, 3.8) is 0 Å². The van der Waals surface area contributed by atoms with Gasteiger partial charge in [-0.05, 0) is 31.0 Å². The standard InChI is InChI=1S/C14H19N3O/c15-10-11-5-6-14(13(16)9-11)17-7-8-18-12-3-1-2-4-12/h5-6,9,12,17H,1-4,7-8,16H2. The van der Waals surface area contributed by atoms with E-state index >= 15 is 0 Å². The van der Waals surface area contributed by atoms with E-state index < -0.39 is 0 Å². The molecule has 0 amide bonds. The quantitative estimate of drug-likeness (QED) is 0.617. The lowest BCUT2D eigenvalue weighted by atomic mass is 10.2. The Labute approximate surface area is 108 Å². The van der Waals surface area contributed by atoms with Crippen LogP contribution in [0.3, 0.4) is 0 Å². The van der Waals surface area contributed by atoms with Gasteiger partial charge in [0, 0.05) is 6.54 Å². The van der Waals surface area contributed by atoms with E-state index in [2.05, 4.69) is 11.4 Å². The van der Waals surface area contributed by atoms with Crippen molar-refractivity contribution < 1.29 is 4.74 Å². The lowest BCUT2D eigenvalue weighted by Gasteiger charge is -2.13. The molecule has 0 aromatic heterocycles. The smallest absolute Gasteiger partial charge is 0.0992 e. The van der Waals surface area contributed by atoms with Crippen molar-refractivity contribution in [3.8, 4) is 6.07 Å². The molecule has 0 saturated heterocycles. The first-order valence-electron chi connectivity index (χ1n) is 6.44. The number of benzene rings is 1. The average Bonchev–Trinajstić information content (AvgIpc) is 2.89. The molecule has 0 radical (unpaired) electrons. The van der Waals surface area contributed by atoms with Gasteiger partial charge in [-0.3, -0.25) is 0 Å². The summed E-state index contributed by atoms with van der Waals surface area (Å²) in [7, 11) is 0. The van der Waals surface area contributed by atoms with Crippen LogP contribution < -0.4 is 11.1 Å². The molecule has 0 spiro atoms. The molecule has 1 fully saturated rings. The Hall–Kier alpha value is -1.73. The van der Waals surface area contributed by atoms with Gasteiger partial charge in [-0.2, -0.15) is 5.26 Å². The maximum atomic E-state index is 8.74. The maximum absolute atomic E-state index is 8.74. The van der Waals surface area contributed by atoms with Gasteiger partial charge in [0.05, 0.1) is 35.7 Å². The first kappa shape index (κ1) is 12.7. The minimum atomic E-state index is 0.449. The van der Waals surface area contributed by atoms with Gasteiger partial charge in [0.1, 0.15) is 0 Å². The molecule has 0 atom stereocenters. The predicted octanol–water partition coefficient (Wildman–Crippen LogP) is 2.51. The molecule has 0 bridgehead atoms. The van der Waals surface area contributed by atoms with E-state index in [9.17, 15) is 0 Å². The topological polar surface area (TPSA) is 71.1 Å². The maximum Gasteiger partial charge on any atom is 0.0992 e. The molecular formula is C14H19N3O. The van der Waals surface area contributed by atoms with Crippen LogP contribution in [-0.4, -0.2) is 19.3 Å². The van der Waals surface area contributed by atoms with Crippen LogP contribution in [0, 0.1) is 11.3 Å². The highest BCUT2D eigenvalue weighted by Gasteiger charge is 2.14. The molecule has 1 aliphatic rings. The zero-order valence-electron chi connectivity index (χ0n) is 10.5. The fraction of sp³-hybridized carbons (Fsp3) is 0.500. The molecule has 1 saturated carbocycles. The van der Waals surface area contributed by atoms with Crippen LogP contribution in [-0.2, 0) is 4.74 Å². The second-order valence-electron chi connectivity index (χ2n) is 4.62. The number of hydrogen-bond acceptors (Lipinski definition) is 4. The van der Waals surface area contributed by atoms with Gasteiger partial charge in [-0.1, -0.05) is 12.8 Å². The van der Waals surface area contributed by atoms with Crippen LogP contribution in [0.25, 0.3) is 0 Å². The Balaban J connectivity index is 1.74. The minimum Gasteiger partial charge on any atom is -0.397 e. The Morgan fingerprint density at radius 3 is 2.83 bits per heavy atom. The molecule has 96 valence electrons. The summed E-state index contributed by atoms with van der Waals surface area (Å²) in [4.78, 5) is 0. The average molecular weight is 245 g/mol. The van der Waals surface area contributed by atoms with Crippen molar-refractivity contribution in [1.29, 1.82) is 5.26 Å². The van der Waals surface area contributed by atoms with Gasteiger partial charge >= 0.3 is 0 Å². The van der Waals surface area contributed by atoms with Gasteiger partial charge < -0.3 is 15.8 Å². The summed E-state index contributed by atoms with van der Waals surface area (Å²) in [5, 5.41) is 12.0. The molecule has 4 nitrogen and oxygen atoms in total. The third-order valence-electron chi connectivity index (χ3n) is 3.25. The van der Waals surface area contributed by atoms with Gasteiger partial charge in [0.25, 0.3) is 0 Å². The van der Waals surface area contributed by atoms with Crippen LogP contribution in [0.5, 0.6) is 0 Å². The van der Waals surface area contributed by atoms with Crippen molar-refractivity contribution in [2.45, 2.75) is 31.8 Å². The van der Waals surface area contributed by atoms with E-state index in [1.165, 1.54) is 25.7 Å². The Morgan fingerprint density at radius 1 is 1.39 bits per heavy atom. The van der Waals surface area contributed by atoms with Crippen LogP contribution in [0.1, 0.15) is 31.2 Å². The predicted molar refractivity (Wildman–Crippen MR) is 72.3 cm³/mol. The Morgan fingerprint density at radius 2 is 2.17 bits per heavy atom. The summed E-state index contributed by atoms with van der Waals surface area (Å²) in [6.45, 7) is 1.44. The lowest BCUT2D eigenvalue weighted by Crippen LogP contribution is -2.15. The third kappa shape index (κ3) is 3.38. The van der Waals surface area contributed by atoms with E-state index in [0.717, 1.165) is 12.2 Å². The summed E-state index contributed by atoms with van der Waals surface area (Å²) in [6, 6.07) is 7.34. The highest BCUT2D eigenvalue weighted by Crippen LogP contribution is 2.21. The van der Waals surface area contributed by atoms with Crippen LogP contribution >= 0.6 is 0 Å². The molecule has 18 heavy (non-hydrogen) atoms. The van der Waals surface area contributed by atoms with Crippen molar-refractivity contribution in [2.75, 3.05) is 24.2 Å². The van der Waals surface area contributed by atoms with Gasteiger partial charge in [-0.25, -0.2) is 0 Å². The van der Waals surface area contributed by atoms with Crippen molar-refractivity contribution in [3.05, 3.63) is 23.8 Å². The molecule has 1 aliphatic carbocycles. The van der Waals surface area contributed by atoms with Gasteiger partial charge in [0.15, 0.2) is 0 Å². The number of nitrogens with two attached hydrogens (primary N) is 1. The van der Waals surface area contributed by atoms with E-state index in [4.69, 9.17) is 15.7 Å². The first-order chi connectivity index (χ1) is 8.79. The van der Waals surface area contributed by atoms with Crippen molar-refractivity contribution >= 4 is 11.4 Å². The number of ether oxygens (including phenoxy) is 1. The van der Waals surface area contributed by atoms with Gasteiger partial charge in [-0.15, -0.1) is 0 Å². The van der Waals surface area contributed by atoms with Crippen LogP contribution in [0.4, 0.5) is 11.4 Å². The summed E-state index contributed by atoms with van der Waals surface area (Å²) >= 11 is 0. The summed E-state index contributed by atoms with van der Waals surface area (Å²) < 4.78 is 5.75. The number of hydrogen-bond donors (Lipinski definition) is 2. The summed E-state index contributed by atoms with van der Waals surface area (Å²) in [5.41, 5.74) is 7.90. The van der Waals surface area contributed by atoms with E-state index in [0.29, 0.717) is 24.0 Å². The molecule has 1 aromatic rings. The highest BCUT2D eigenvalue weighted by molar-refractivity contribution is 5.68. The Bertz CT molecular complexity index is 433. The number of rotatable bonds is 5. The summed E-state index contributed by atoms with van der Waals surface area (Å²) in [5.74, 6) is 0. The minimum absolute atomic E-state index is 0.449. The van der Waals surface area contributed by atoms with E-state index in [1.54, 1.807) is 12.1 Å². The van der Waals surface area contributed by atoms with Crippen LogP contribution in [0.15, 0.2) is 18.2 Å². The summed E-state index contributed by atoms with van der Waals surface area (Å²) in [6.07, 6.45) is 5.42. The Kier molecular flexibility index (Phi) is 4.43. The first-order valence-corrected chi connectivity index (χ1v) is 6.44. The number of nitrogen functional groups attached to an aromatic ring is 1. The molecule has 2 rings (SSSR count). The molecule has 3 N–H and O–H groups in total. The molecule has 0 unspecified atom stereocenters. The van der Waals surface area contributed by atoms with E-state index in [1.807, 2.05) is 6.07 Å². The van der Waals surface area contributed by atoms with Crippen molar-refractivity contribution in [2.24, 2.45) is 0 Å². The molecule has 4 heteroatoms. The number of nitrogens with zero attached hydrogens (tertiary/aromatic N) is 1. The molecule has 0 heterocycles. The van der Waals surface area contributed by atoms with Crippen molar-refractivity contribution in [1.82, 2.24) is 0 Å². The zero-order chi connectivity index (χ0) is 12.8. The lowest BCUT2D eigenvalue weighted by molar-refractivity contribution is 0.0659. The largest absolute Gasteiger partial charge is 0.397 e. The van der Waals surface area contributed by atoms with Gasteiger partial charge in [0.2, 0.25) is 0 Å². The normalized spacial score (nSPS) is 15.5. The fourth-order valence-electron chi connectivity index (χ4n) is 2.26. The monoisotopic (exact) mass is 245 g/mol. The molecule has 0 aliphatic heterocycles. The SMILES string of the molecule is N#Cc1ccc(NCCOC2CCCC2)c(N)c1. The fourth-order valence-corrected chi connectivity index (χ4v) is 2.26. The second-order valence-corrected chi connectivity index (χ2v) is 4.62. The molecular weight excluding hydrogens is 226 g/mol. The third-order valence-corrected chi connectivity index (χ3v) is 3.25. The van der Waals surface area contributed by atoms with E-state index in [-0.39, 0.29) is 0 Å². The number of anilines is 2. The molecule has 1 aromatic carbocycles. The highest BCUT2D eigenvalue weighted by atomic mass is 16.5.